The number of nitrogens with one attached hydrogen (secondary N) is 1. The Morgan fingerprint density at radius 2 is 2.32 bits per heavy atom. The third-order valence-corrected chi connectivity index (χ3v) is 4.34. The minimum atomic E-state index is -0.857. The number of ether oxygens (including phenoxy) is 2. The molecule has 0 aliphatic carbocycles. The van der Waals surface area contributed by atoms with Gasteiger partial charge in [-0.15, -0.1) is 0 Å². The predicted octanol–water partition coefficient (Wildman–Crippen LogP) is -0.310. The number of aromatic amines is 1. The highest BCUT2D eigenvalue weighted by Crippen LogP contribution is 2.28. The number of alkyl halides is 1. The van der Waals surface area contributed by atoms with Crippen LogP contribution in [0.4, 0.5) is 0 Å². The van der Waals surface area contributed by atoms with Gasteiger partial charge in [0.25, 0.3) is 5.56 Å². The van der Waals surface area contributed by atoms with E-state index < -0.39 is 35.8 Å². The molecule has 1 aliphatic heterocycles. The van der Waals surface area contributed by atoms with Gasteiger partial charge in [0.1, 0.15) is 12.3 Å². The molecule has 1 aromatic heterocycles. The van der Waals surface area contributed by atoms with E-state index in [0.717, 1.165) is 0 Å². The fourth-order valence-electron chi connectivity index (χ4n) is 2.41. The Labute approximate surface area is 140 Å². The van der Waals surface area contributed by atoms with E-state index >= 15 is 0 Å². The maximum Gasteiger partial charge on any atom is 0.330 e. The van der Waals surface area contributed by atoms with Gasteiger partial charge in [-0.05, 0) is 6.92 Å². The molecule has 0 radical (unpaired) electrons. The highest BCUT2D eigenvalue weighted by atomic mass is 127. The number of rotatable bonds is 6. The lowest BCUT2D eigenvalue weighted by Gasteiger charge is -2.18. The van der Waals surface area contributed by atoms with Gasteiger partial charge in [0.05, 0.1) is 24.4 Å². The van der Waals surface area contributed by atoms with Crippen LogP contribution in [0, 0.1) is 0 Å². The molecule has 0 amide bonds. The van der Waals surface area contributed by atoms with Gasteiger partial charge in [-0.2, -0.15) is 0 Å². The largest absolute Gasteiger partial charge is 0.394 e. The first-order valence-corrected chi connectivity index (χ1v) is 8.51. The van der Waals surface area contributed by atoms with Crippen molar-refractivity contribution in [1.82, 2.24) is 9.55 Å². The summed E-state index contributed by atoms with van der Waals surface area (Å²) in [5, 5.41) is 18.9. The van der Waals surface area contributed by atoms with Gasteiger partial charge < -0.3 is 19.7 Å². The quantitative estimate of drug-likeness (QED) is 0.425. The lowest BCUT2D eigenvalue weighted by Crippen LogP contribution is -2.35. The lowest BCUT2D eigenvalue weighted by molar-refractivity contribution is -0.0462. The Balaban J connectivity index is 2.37. The van der Waals surface area contributed by atoms with Crippen molar-refractivity contribution < 1.29 is 19.7 Å². The van der Waals surface area contributed by atoms with E-state index in [9.17, 15) is 14.7 Å². The van der Waals surface area contributed by atoms with Crippen molar-refractivity contribution in [2.45, 2.75) is 37.9 Å². The molecule has 1 aliphatic rings. The minimum Gasteiger partial charge on any atom is -0.394 e. The summed E-state index contributed by atoms with van der Waals surface area (Å²) in [6.07, 6.45) is -1.17. The number of aliphatic hydroxyl groups is 2. The van der Waals surface area contributed by atoms with Crippen LogP contribution >= 0.6 is 22.6 Å². The Hall–Kier alpha value is -0.750. The Morgan fingerprint density at radius 1 is 1.59 bits per heavy atom. The summed E-state index contributed by atoms with van der Waals surface area (Å²) >= 11 is 2.10. The summed E-state index contributed by atoms with van der Waals surface area (Å²) in [5.74, 6) is 0. The highest BCUT2D eigenvalue weighted by Gasteiger charge is 2.35. The summed E-state index contributed by atoms with van der Waals surface area (Å²) in [4.78, 5) is 26.2. The summed E-state index contributed by atoms with van der Waals surface area (Å²) in [6, 6.07) is 0. The van der Waals surface area contributed by atoms with Gasteiger partial charge >= 0.3 is 5.69 Å². The molecule has 1 fully saturated rings. The van der Waals surface area contributed by atoms with Crippen LogP contribution in [-0.4, -0.2) is 49.6 Å². The van der Waals surface area contributed by atoms with Gasteiger partial charge in [0.2, 0.25) is 0 Å². The molecule has 2 rings (SSSR count). The van der Waals surface area contributed by atoms with Crippen LogP contribution in [0.1, 0.15) is 31.2 Å². The van der Waals surface area contributed by atoms with Crippen molar-refractivity contribution in [3.05, 3.63) is 32.6 Å². The van der Waals surface area contributed by atoms with Gasteiger partial charge in [0, 0.05) is 23.7 Å². The minimum absolute atomic E-state index is 0.167. The number of hydrogen-bond acceptors (Lipinski definition) is 6. The van der Waals surface area contributed by atoms with Crippen LogP contribution in [0.2, 0.25) is 0 Å². The Kier molecular flexibility index (Phi) is 6.15. The molecule has 9 heteroatoms. The molecule has 1 unspecified atom stereocenters. The van der Waals surface area contributed by atoms with Crippen LogP contribution in [-0.2, 0) is 9.47 Å². The first-order chi connectivity index (χ1) is 10.5. The average Bonchev–Trinajstić information content (AvgIpc) is 2.86. The van der Waals surface area contributed by atoms with Crippen molar-refractivity contribution >= 4 is 22.6 Å². The van der Waals surface area contributed by atoms with Crippen molar-refractivity contribution in [1.29, 1.82) is 0 Å². The summed E-state index contributed by atoms with van der Waals surface area (Å²) in [6.45, 7) is 1.93. The third-order valence-electron chi connectivity index (χ3n) is 3.54. The van der Waals surface area contributed by atoms with Gasteiger partial charge in [-0.25, -0.2) is 4.79 Å². The Morgan fingerprint density at radius 3 is 2.86 bits per heavy atom. The van der Waals surface area contributed by atoms with Gasteiger partial charge in [-0.3, -0.25) is 14.3 Å². The average molecular weight is 426 g/mol. The predicted molar refractivity (Wildman–Crippen MR) is 86.2 cm³/mol. The van der Waals surface area contributed by atoms with Crippen LogP contribution in [0.25, 0.3) is 0 Å². The van der Waals surface area contributed by atoms with Crippen molar-refractivity contribution in [2.24, 2.45) is 0 Å². The van der Waals surface area contributed by atoms with E-state index in [0.29, 0.717) is 16.6 Å². The maximum atomic E-state index is 12.0. The van der Waals surface area contributed by atoms with Crippen LogP contribution < -0.4 is 11.2 Å². The van der Waals surface area contributed by atoms with Gasteiger partial charge in [0.15, 0.2) is 0 Å². The second kappa shape index (κ2) is 7.68. The number of nitrogens with zero attached hydrogens (tertiary/aromatic N) is 1. The zero-order valence-corrected chi connectivity index (χ0v) is 14.2. The monoisotopic (exact) mass is 426 g/mol. The van der Waals surface area contributed by atoms with Crippen molar-refractivity contribution in [3.63, 3.8) is 0 Å². The molecule has 1 saturated heterocycles. The number of aliphatic hydroxyl groups excluding tert-OH is 2. The molecule has 0 saturated carbocycles. The van der Waals surface area contributed by atoms with Crippen molar-refractivity contribution in [3.8, 4) is 0 Å². The van der Waals surface area contributed by atoms with E-state index in [1.807, 2.05) is 6.92 Å². The van der Waals surface area contributed by atoms with Crippen molar-refractivity contribution in [2.75, 3.05) is 17.6 Å². The molecule has 3 N–H and O–H groups in total. The van der Waals surface area contributed by atoms with Crippen LogP contribution in [0.15, 0.2) is 15.8 Å². The van der Waals surface area contributed by atoms with Crippen LogP contribution in [0.5, 0.6) is 0 Å². The molecule has 2 heterocycles. The molecule has 8 nitrogen and oxygen atoms in total. The second-order valence-electron chi connectivity index (χ2n) is 4.96. The first-order valence-electron chi connectivity index (χ1n) is 6.99. The van der Waals surface area contributed by atoms with E-state index in [1.54, 1.807) is 0 Å². The summed E-state index contributed by atoms with van der Waals surface area (Å²) < 4.78 is 12.7. The van der Waals surface area contributed by atoms with E-state index in [2.05, 4.69) is 27.6 Å². The fraction of sp³-hybridized carbons (Fsp3) is 0.692. The number of hydrogen-bond donors (Lipinski definition) is 3. The number of H-pyrrole nitrogens is 1. The standard InChI is InChI=1S/C13H19IN2O6/c1-2-21-9(4-14)7-5-16(13(20)15-12(7)19)11-3-8(18)10(6-17)22-11/h5,8-11,17-18H,2-4,6H2,1H3,(H,15,19,20)/t8-,9?,10+,11+/m0/s1. The molecule has 0 bridgehead atoms. The fourth-order valence-corrected chi connectivity index (χ4v) is 3.14. The topological polar surface area (TPSA) is 114 Å². The number of halogens is 1. The maximum absolute atomic E-state index is 12.0. The third kappa shape index (κ3) is 3.59. The molecule has 4 atom stereocenters. The molecule has 0 aromatic carbocycles. The molecule has 22 heavy (non-hydrogen) atoms. The molecule has 1 aromatic rings. The highest BCUT2D eigenvalue weighted by molar-refractivity contribution is 14.1. The van der Waals surface area contributed by atoms with Gasteiger partial charge in [-0.1, -0.05) is 22.6 Å². The zero-order valence-electron chi connectivity index (χ0n) is 12.1. The normalized spacial score (nSPS) is 26.3. The number of aromatic nitrogens is 2. The summed E-state index contributed by atoms with van der Waals surface area (Å²) in [5.41, 5.74) is -0.775. The SMILES string of the molecule is CCOC(CI)c1cn([C@H]2C[C@H](O)[C@@H](CO)O2)c(=O)[nH]c1=O. The smallest absolute Gasteiger partial charge is 0.330 e. The van der Waals surface area contributed by atoms with E-state index in [-0.39, 0.29) is 13.0 Å². The first kappa shape index (κ1) is 17.6. The molecular formula is C13H19IN2O6. The molecule has 0 spiro atoms. The summed E-state index contributed by atoms with van der Waals surface area (Å²) in [7, 11) is 0. The second-order valence-corrected chi connectivity index (χ2v) is 5.84. The zero-order chi connectivity index (χ0) is 16.3. The molecular weight excluding hydrogens is 407 g/mol. The van der Waals surface area contributed by atoms with Crippen LogP contribution in [0.3, 0.4) is 0 Å². The lowest BCUT2D eigenvalue weighted by atomic mass is 10.2. The Bertz CT molecular complexity index is 615. The van der Waals surface area contributed by atoms with E-state index in [4.69, 9.17) is 14.6 Å². The van der Waals surface area contributed by atoms with E-state index in [1.165, 1.54) is 10.8 Å². The molecule has 124 valence electrons.